The predicted octanol–water partition coefficient (Wildman–Crippen LogP) is 0.542. The Bertz CT molecular complexity index is 686. The molecule has 2 atom stereocenters. The number of hydrogen-bond donors (Lipinski definition) is 2. The average Bonchev–Trinajstić information content (AvgIpc) is 3.00. The van der Waals surface area contributed by atoms with E-state index in [2.05, 4.69) is 27.2 Å². The first-order valence-electron chi connectivity index (χ1n) is 7.91. The number of aliphatic imine (C=N–C) groups is 1. The van der Waals surface area contributed by atoms with Gasteiger partial charge in [0.2, 0.25) is 6.23 Å². The summed E-state index contributed by atoms with van der Waals surface area (Å²) in [5.41, 5.74) is 0.782. The van der Waals surface area contributed by atoms with E-state index in [9.17, 15) is 9.59 Å². The van der Waals surface area contributed by atoms with Crippen molar-refractivity contribution in [2.75, 3.05) is 33.2 Å². The van der Waals surface area contributed by atoms with E-state index in [1.165, 1.54) is 0 Å². The van der Waals surface area contributed by atoms with Crippen molar-refractivity contribution in [3.63, 3.8) is 0 Å². The molecule has 0 aliphatic carbocycles. The predicted molar refractivity (Wildman–Crippen MR) is 91.3 cm³/mol. The van der Waals surface area contributed by atoms with Gasteiger partial charge in [-0.15, -0.1) is 0 Å². The highest BCUT2D eigenvalue weighted by atomic mass is 35.5. The average molecular weight is 367 g/mol. The Balaban J connectivity index is 1.81. The molecule has 0 bridgehead atoms. The summed E-state index contributed by atoms with van der Waals surface area (Å²) in [6.07, 6.45) is -0.876. The van der Waals surface area contributed by atoms with Gasteiger partial charge in [-0.25, -0.2) is 14.6 Å². The van der Waals surface area contributed by atoms with Crippen LogP contribution in [0, 0.1) is 0 Å². The Labute approximate surface area is 150 Å². The Morgan fingerprint density at radius 3 is 2.48 bits per heavy atom. The molecule has 0 radical (unpaired) electrons. The standard InChI is InChI=1S/C16H19ClN4O4/c1-20-6-8-21(9-7-20)16-18-12(10-2-4-11(17)5-3-10)13(19-16)25-15(24)14(22)23/h2-5,12-13H,6-9H2,1H3,(H,18,19)(H,22,23). The SMILES string of the molecule is CN1CCN(C2=NC(c3ccc(Cl)cc3)C(OC(=O)C(=O)O)N2)CC1. The molecule has 2 aliphatic heterocycles. The van der Waals surface area contributed by atoms with Crippen LogP contribution in [0.5, 0.6) is 0 Å². The first-order valence-corrected chi connectivity index (χ1v) is 8.29. The van der Waals surface area contributed by atoms with Gasteiger partial charge in [0, 0.05) is 31.2 Å². The number of rotatable bonds is 2. The van der Waals surface area contributed by atoms with Crippen LogP contribution in [0.4, 0.5) is 0 Å². The highest BCUT2D eigenvalue weighted by molar-refractivity contribution is 6.30. The molecule has 2 N–H and O–H groups in total. The van der Waals surface area contributed by atoms with Gasteiger partial charge in [-0.3, -0.25) is 0 Å². The molecule has 0 spiro atoms. The summed E-state index contributed by atoms with van der Waals surface area (Å²) < 4.78 is 5.08. The number of carbonyl (C=O) groups excluding carboxylic acids is 1. The number of guanidine groups is 1. The van der Waals surface area contributed by atoms with Crippen LogP contribution in [-0.4, -0.2) is 72.3 Å². The van der Waals surface area contributed by atoms with Gasteiger partial charge < -0.3 is 25.0 Å². The molecule has 0 aromatic heterocycles. The van der Waals surface area contributed by atoms with Crippen LogP contribution in [0.25, 0.3) is 0 Å². The van der Waals surface area contributed by atoms with E-state index >= 15 is 0 Å². The fourth-order valence-corrected chi connectivity index (χ4v) is 2.93. The topological polar surface area (TPSA) is 94.5 Å². The second-order valence-corrected chi connectivity index (χ2v) is 6.45. The maximum Gasteiger partial charge on any atom is 0.419 e. The number of nitrogens with zero attached hydrogens (tertiary/aromatic N) is 3. The number of hydrogen-bond acceptors (Lipinski definition) is 7. The zero-order chi connectivity index (χ0) is 18.0. The maximum absolute atomic E-state index is 11.5. The van der Waals surface area contributed by atoms with Crippen LogP contribution >= 0.6 is 11.6 Å². The van der Waals surface area contributed by atoms with Crippen molar-refractivity contribution in [2.45, 2.75) is 12.3 Å². The van der Waals surface area contributed by atoms with E-state index in [0.717, 1.165) is 31.7 Å². The lowest BCUT2D eigenvalue weighted by atomic mass is 10.1. The van der Waals surface area contributed by atoms with Crippen LogP contribution in [0.15, 0.2) is 29.3 Å². The second kappa shape index (κ2) is 7.28. The molecule has 134 valence electrons. The Morgan fingerprint density at radius 2 is 1.88 bits per heavy atom. The normalized spacial score (nSPS) is 23.8. The maximum atomic E-state index is 11.5. The first-order chi connectivity index (χ1) is 11.9. The van der Waals surface area contributed by atoms with Crippen molar-refractivity contribution in [3.05, 3.63) is 34.9 Å². The van der Waals surface area contributed by atoms with E-state index in [1.54, 1.807) is 24.3 Å². The number of nitrogens with one attached hydrogen (secondary N) is 1. The minimum Gasteiger partial charge on any atom is -0.473 e. The first kappa shape index (κ1) is 17.5. The number of carbonyl (C=O) groups is 2. The molecular formula is C16H19ClN4O4. The summed E-state index contributed by atoms with van der Waals surface area (Å²) in [6.45, 7) is 3.36. The van der Waals surface area contributed by atoms with E-state index in [4.69, 9.17) is 21.4 Å². The number of esters is 1. The Morgan fingerprint density at radius 1 is 1.24 bits per heavy atom. The summed E-state index contributed by atoms with van der Waals surface area (Å²) >= 11 is 5.92. The summed E-state index contributed by atoms with van der Waals surface area (Å²) in [4.78, 5) is 31.2. The van der Waals surface area contributed by atoms with E-state index < -0.39 is 24.2 Å². The van der Waals surface area contributed by atoms with Crippen LogP contribution in [-0.2, 0) is 14.3 Å². The number of halogens is 1. The summed E-state index contributed by atoms with van der Waals surface area (Å²) in [5, 5.41) is 12.4. The molecule has 3 rings (SSSR count). The van der Waals surface area contributed by atoms with Crippen molar-refractivity contribution in [3.8, 4) is 0 Å². The van der Waals surface area contributed by atoms with Gasteiger partial charge in [-0.1, -0.05) is 23.7 Å². The van der Waals surface area contributed by atoms with Crippen molar-refractivity contribution >= 4 is 29.5 Å². The molecule has 1 aromatic carbocycles. The molecule has 2 unspecified atom stereocenters. The Kier molecular flexibility index (Phi) is 5.10. The van der Waals surface area contributed by atoms with Gasteiger partial charge in [-0.2, -0.15) is 0 Å². The summed E-state index contributed by atoms with van der Waals surface area (Å²) in [5.74, 6) is -2.34. The fraction of sp³-hybridized carbons (Fsp3) is 0.438. The smallest absolute Gasteiger partial charge is 0.419 e. The highest BCUT2D eigenvalue weighted by Gasteiger charge is 2.36. The lowest BCUT2D eigenvalue weighted by Gasteiger charge is -2.33. The number of piperazine rings is 1. The third-order valence-corrected chi connectivity index (χ3v) is 4.49. The second-order valence-electron chi connectivity index (χ2n) is 6.01. The van der Waals surface area contributed by atoms with E-state index in [0.29, 0.717) is 11.0 Å². The fourth-order valence-electron chi connectivity index (χ4n) is 2.80. The van der Waals surface area contributed by atoms with Gasteiger partial charge in [-0.05, 0) is 24.7 Å². The number of carboxylic acid groups (broad SMARTS) is 1. The molecular weight excluding hydrogens is 348 g/mol. The summed E-state index contributed by atoms with van der Waals surface area (Å²) in [6, 6.07) is 6.47. The van der Waals surface area contributed by atoms with Crippen molar-refractivity contribution in [1.29, 1.82) is 0 Å². The lowest BCUT2D eigenvalue weighted by Crippen LogP contribution is -2.52. The number of aliphatic carboxylic acids is 1. The zero-order valence-corrected chi connectivity index (χ0v) is 14.4. The molecule has 0 saturated carbocycles. The molecule has 25 heavy (non-hydrogen) atoms. The van der Waals surface area contributed by atoms with Crippen LogP contribution in [0.1, 0.15) is 11.6 Å². The van der Waals surface area contributed by atoms with Gasteiger partial charge >= 0.3 is 11.9 Å². The largest absolute Gasteiger partial charge is 0.473 e. The number of ether oxygens (including phenoxy) is 1. The minimum atomic E-state index is -1.63. The van der Waals surface area contributed by atoms with Crippen molar-refractivity contribution < 1.29 is 19.4 Å². The molecule has 2 aliphatic rings. The van der Waals surface area contributed by atoms with Gasteiger partial charge in [0.1, 0.15) is 6.04 Å². The molecule has 1 fully saturated rings. The van der Waals surface area contributed by atoms with Gasteiger partial charge in [0.05, 0.1) is 0 Å². The monoisotopic (exact) mass is 366 g/mol. The molecule has 8 nitrogen and oxygen atoms in total. The van der Waals surface area contributed by atoms with Crippen LogP contribution in [0.3, 0.4) is 0 Å². The minimum absolute atomic E-state index is 0.532. The van der Waals surface area contributed by atoms with Gasteiger partial charge in [0.15, 0.2) is 5.96 Å². The van der Waals surface area contributed by atoms with Crippen LogP contribution < -0.4 is 5.32 Å². The molecule has 9 heteroatoms. The van der Waals surface area contributed by atoms with Crippen LogP contribution in [0.2, 0.25) is 5.02 Å². The molecule has 2 heterocycles. The molecule has 1 saturated heterocycles. The molecule has 0 amide bonds. The van der Waals surface area contributed by atoms with E-state index in [-0.39, 0.29) is 0 Å². The van der Waals surface area contributed by atoms with Crippen molar-refractivity contribution in [2.24, 2.45) is 4.99 Å². The third kappa shape index (κ3) is 4.02. The lowest BCUT2D eigenvalue weighted by molar-refractivity contribution is -0.168. The Hall–Kier alpha value is -2.32. The highest BCUT2D eigenvalue weighted by Crippen LogP contribution is 2.28. The quantitative estimate of drug-likeness (QED) is 0.582. The van der Waals surface area contributed by atoms with Crippen molar-refractivity contribution in [1.82, 2.24) is 15.1 Å². The number of likely N-dealkylation sites (N-methyl/N-ethyl adjacent to an activating group) is 1. The zero-order valence-electron chi connectivity index (χ0n) is 13.7. The van der Waals surface area contributed by atoms with Gasteiger partial charge in [0.25, 0.3) is 0 Å². The summed E-state index contributed by atoms with van der Waals surface area (Å²) in [7, 11) is 2.05. The number of carboxylic acids is 1. The number of benzene rings is 1. The molecule has 1 aromatic rings. The third-order valence-electron chi connectivity index (χ3n) is 4.24. The van der Waals surface area contributed by atoms with E-state index in [1.807, 2.05) is 0 Å².